The van der Waals surface area contributed by atoms with E-state index in [2.05, 4.69) is 17.1 Å². The molecule has 0 spiro atoms. The summed E-state index contributed by atoms with van der Waals surface area (Å²) >= 11 is 0. The minimum atomic E-state index is -0.976. The van der Waals surface area contributed by atoms with Gasteiger partial charge in [0.15, 0.2) is 0 Å². The molecule has 3 aromatic rings. The van der Waals surface area contributed by atoms with Crippen molar-refractivity contribution in [3.8, 4) is 5.75 Å². The van der Waals surface area contributed by atoms with Gasteiger partial charge in [-0.25, -0.2) is 4.79 Å². The van der Waals surface area contributed by atoms with Gasteiger partial charge in [-0.05, 0) is 29.7 Å². The van der Waals surface area contributed by atoms with Gasteiger partial charge in [0.2, 0.25) is 0 Å². The molecule has 106 valence electrons. The number of carboxylic acid groups (broad SMARTS) is 1. The second kappa shape index (κ2) is 5.71. The van der Waals surface area contributed by atoms with Gasteiger partial charge in [-0.2, -0.15) is 0 Å². The summed E-state index contributed by atoms with van der Waals surface area (Å²) in [5, 5.41) is 10.3. The van der Waals surface area contributed by atoms with Crippen LogP contribution < -0.4 is 4.74 Å². The first-order chi connectivity index (χ1) is 10.2. The molecule has 1 aromatic heterocycles. The van der Waals surface area contributed by atoms with Gasteiger partial charge >= 0.3 is 5.97 Å². The lowest BCUT2D eigenvalue weighted by Gasteiger charge is -2.08. The van der Waals surface area contributed by atoms with Gasteiger partial charge in [0, 0.05) is 17.6 Å². The van der Waals surface area contributed by atoms with Crippen LogP contribution in [0.5, 0.6) is 5.75 Å². The second-order valence-electron chi connectivity index (χ2n) is 4.78. The molecule has 0 saturated heterocycles. The number of H-pyrrole nitrogens is 1. The SMILES string of the molecule is O=C(O)c1ccccc1OCCc1cc2ccccc2[nH]1. The first-order valence-electron chi connectivity index (χ1n) is 6.76. The van der Waals surface area contributed by atoms with E-state index in [9.17, 15) is 4.79 Å². The van der Waals surface area contributed by atoms with Crippen LogP contribution >= 0.6 is 0 Å². The average Bonchev–Trinajstić information content (AvgIpc) is 2.90. The number of ether oxygens (including phenoxy) is 1. The third kappa shape index (κ3) is 2.89. The Hall–Kier alpha value is -2.75. The molecular weight excluding hydrogens is 266 g/mol. The molecule has 0 saturated carbocycles. The van der Waals surface area contributed by atoms with Crippen molar-refractivity contribution in [3.05, 3.63) is 65.9 Å². The van der Waals surface area contributed by atoms with E-state index in [1.165, 1.54) is 5.39 Å². The Morgan fingerprint density at radius 3 is 2.67 bits per heavy atom. The van der Waals surface area contributed by atoms with Crippen LogP contribution in [-0.2, 0) is 6.42 Å². The van der Waals surface area contributed by atoms with Crippen molar-refractivity contribution in [1.82, 2.24) is 4.98 Å². The molecule has 3 rings (SSSR count). The Morgan fingerprint density at radius 1 is 1.10 bits per heavy atom. The summed E-state index contributed by atoms with van der Waals surface area (Å²) in [5.41, 5.74) is 2.36. The van der Waals surface area contributed by atoms with E-state index >= 15 is 0 Å². The third-order valence-corrected chi connectivity index (χ3v) is 3.33. The van der Waals surface area contributed by atoms with Crippen molar-refractivity contribution in [2.45, 2.75) is 6.42 Å². The monoisotopic (exact) mass is 281 g/mol. The Labute approximate surface area is 122 Å². The van der Waals surface area contributed by atoms with Crippen LogP contribution in [0.25, 0.3) is 10.9 Å². The van der Waals surface area contributed by atoms with Gasteiger partial charge in [0.05, 0.1) is 6.61 Å². The molecule has 0 amide bonds. The number of carboxylic acids is 1. The normalized spacial score (nSPS) is 10.7. The zero-order valence-electron chi connectivity index (χ0n) is 11.4. The van der Waals surface area contributed by atoms with E-state index < -0.39 is 5.97 Å². The summed E-state index contributed by atoms with van der Waals surface area (Å²) < 4.78 is 5.60. The largest absolute Gasteiger partial charge is 0.492 e. The molecule has 0 fully saturated rings. The van der Waals surface area contributed by atoms with Gasteiger partial charge in [-0.1, -0.05) is 30.3 Å². The fourth-order valence-corrected chi connectivity index (χ4v) is 2.31. The van der Waals surface area contributed by atoms with Crippen LogP contribution in [0.1, 0.15) is 16.1 Å². The Morgan fingerprint density at radius 2 is 1.86 bits per heavy atom. The highest BCUT2D eigenvalue weighted by Crippen LogP contribution is 2.19. The Balaban J connectivity index is 1.67. The van der Waals surface area contributed by atoms with Gasteiger partial charge < -0.3 is 14.8 Å². The topological polar surface area (TPSA) is 62.3 Å². The molecule has 4 heteroatoms. The summed E-state index contributed by atoms with van der Waals surface area (Å²) in [6.07, 6.45) is 0.697. The summed E-state index contributed by atoms with van der Waals surface area (Å²) in [5.74, 6) is -0.572. The number of aromatic amines is 1. The summed E-state index contributed by atoms with van der Waals surface area (Å²) in [4.78, 5) is 14.4. The van der Waals surface area contributed by atoms with Crippen molar-refractivity contribution < 1.29 is 14.6 Å². The molecule has 2 N–H and O–H groups in total. The van der Waals surface area contributed by atoms with Crippen LogP contribution in [0.2, 0.25) is 0 Å². The van der Waals surface area contributed by atoms with Crippen LogP contribution in [0, 0.1) is 0 Å². The number of rotatable bonds is 5. The summed E-state index contributed by atoms with van der Waals surface area (Å²) in [7, 11) is 0. The zero-order chi connectivity index (χ0) is 14.7. The zero-order valence-corrected chi connectivity index (χ0v) is 11.4. The fourth-order valence-electron chi connectivity index (χ4n) is 2.31. The van der Waals surface area contributed by atoms with E-state index in [0.29, 0.717) is 18.8 Å². The number of hydrogen-bond donors (Lipinski definition) is 2. The predicted molar refractivity (Wildman–Crippen MR) is 80.9 cm³/mol. The van der Waals surface area contributed by atoms with Crippen molar-refractivity contribution in [3.63, 3.8) is 0 Å². The van der Waals surface area contributed by atoms with Crippen LogP contribution in [0.4, 0.5) is 0 Å². The highest BCUT2D eigenvalue weighted by atomic mass is 16.5. The minimum absolute atomic E-state index is 0.189. The maximum Gasteiger partial charge on any atom is 0.339 e. The maximum absolute atomic E-state index is 11.1. The van der Waals surface area contributed by atoms with Crippen LogP contribution in [0.15, 0.2) is 54.6 Å². The quantitative estimate of drug-likeness (QED) is 0.752. The average molecular weight is 281 g/mol. The number of para-hydroxylation sites is 2. The van der Waals surface area contributed by atoms with Gasteiger partial charge in [0.1, 0.15) is 11.3 Å². The Bertz CT molecular complexity index is 743. The number of benzene rings is 2. The summed E-state index contributed by atoms with van der Waals surface area (Å²) in [6.45, 7) is 0.428. The lowest BCUT2D eigenvalue weighted by Crippen LogP contribution is -2.06. The van der Waals surface area contributed by atoms with Crippen molar-refractivity contribution in [1.29, 1.82) is 0 Å². The number of aromatic carboxylic acids is 1. The smallest absolute Gasteiger partial charge is 0.339 e. The lowest BCUT2D eigenvalue weighted by molar-refractivity contribution is 0.0692. The molecule has 0 aliphatic rings. The van der Waals surface area contributed by atoms with Crippen molar-refractivity contribution in [2.75, 3.05) is 6.61 Å². The predicted octanol–water partition coefficient (Wildman–Crippen LogP) is 3.49. The standard InChI is InChI=1S/C17H15NO3/c19-17(20)14-6-2-4-8-16(14)21-10-9-13-11-12-5-1-3-7-15(12)18-13/h1-8,11,18H,9-10H2,(H,19,20). The highest BCUT2D eigenvalue weighted by Gasteiger charge is 2.10. The maximum atomic E-state index is 11.1. The lowest BCUT2D eigenvalue weighted by atomic mass is 10.2. The molecule has 21 heavy (non-hydrogen) atoms. The first-order valence-corrected chi connectivity index (χ1v) is 6.76. The number of fused-ring (bicyclic) bond motifs is 1. The number of aromatic nitrogens is 1. The van der Waals surface area contributed by atoms with E-state index in [1.54, 1.807) is 24.3 Å². The second-order valence-corrected chi connectivity index (χ2v) is 4.78. The van der Waals surface area contributed by atoms with Crippen LogP contribution in [0.3, 0.4) is 0 Å². The van der Waals surface area contributed by atoms with Gasteiger partial charge in [-0.15, -0.1) is 0 Å². The fraction of sp³-hybridized carbons (Fsp3) is 0.118. The van der Waals surface area contributed by atoms with E-state index in [4.69, 9.17) is 9.84 Å². The third-order valence-electron chi connectivity index (χ3n) is 3.33. The molecule has 0 aliphatic heterocycles. The van der Waals surface area contributed by atoms with Crippen LogP contribution in [-0.4, -0.2) is 22.7 Å². The summed E-state index contributed by atoms with van der Waals surface area (Å²) in [6, 6.07) is 16.8. The molecule has 2 aromatic carbocycles. The molecule has 0 radical (unpaired) electrons. The minimum Gasteiger partial charge on any atom is -0.492 e. The molecule has 4 nitrogen and oxygen atoms in total. The number of carbonyl (C=O) groups is 1. The molecule has 1 heterocycles. The molecule has 0 atom stereocenters. The molecule has 0 unspecified atom stereocenters. The van der Waals surface area contributed by atoms with Crippen molar-refractivity contribution in [2.24, 2.45) is 0 Å². The Kier molecular flexibility index (Phi) is 3.60. The first kappa shape index (κ1) is 13.2. The number of hydrogen-bond acceptors (Lipinski definition) is 2. The van der Waals surface area contributed by atoms with E-state index in [1.807, 2.05) is 18.2 Å². The molecule has 0 bridgehead atoms. The van der Waals surface area contributed by atoms with Gasteiger partial charge in [0.25, 0.3) is 0 Å². The van der Waals surface area contributed by atoms with Gasteiger partial charge in [-0.3, -0.25) is 0 Å². The van der Waals surface area contributed by atoms with E-state index in [-0.39, 0.29) is 5.56 Å². The van der Waals surface area contributed by atoms with E-state index in [0.717, 1.165) is 11.2 Å². The number of nitrogens with one attached hydrogen (secondary N) is 1. The highest BCUT2D eigenvalue weighted by molar-refractivity contribution is 5.90. The van der Waals surface area contributed by atoms with Crippen molar-refractivity contribution >= 4 is 16.9 Å². The molecular formula is C17H15NO3. The molecule has 0 aliphatic carbocycles.